The minimum absolute atomic E-state index is 0.0686. The van der Waals surface area contributed by atoms with Gasteiger partial charge in [0, 0.05) is 23.4 Å². The summed E-state index contributed by atoms with van der Waals surface area (Å²) in [6.45, 7) is 0. The number of furan rings is 1. The zero-order valence-electron chi connectivity index (χ0n) is 12.4. The van der Waals surface area contributed by atoms with Gasteiger partial charge in [0.1, 0.15) is 5.58 Å². The van der Waals surface area contributed by atoms with Crippen molar-refractivity contribution in [2.75, 3.05) is 0 Å². The lowest BCUT2D eigenvalue weighted by molar-refractivity contribution is -0.118. The van der Waals surface area contributed by atoms with Gasteiger partial charge in [0.05, 0.1) is 0 Å². The van der Waals surface area contributed by atoms with Gasteiger partial charge in [-0.2, -0.15) is 0 Å². The third kappa shape index (κ3) is 3.14. The molecule has 0 aliphatic heterocycles. The number of rotatable bonds is 5. The smallest absolute Gasteiger partial charge is 0.228 e. The van der Waals surface area contributed by atoms with E-state index in [0.29, 0.717) is 11.1 Å². The minimum Gasteiger partial charge on any atom is -0.453 e. The first-order chi connectivity index (χ1) is 11.0. The fourth-order valence-electron chi connectivity index (χ4n) is 2.47. The molecule has 0 fully saturated rings. The summed E-state index contributed by atoms with van der Waals surface area (Å²) in [5, 5.41) is 0.765. The van der Waals surface area contributed by atoms with Crippen molar-refractivity contribution in [2.45, 2.75) is 12.5 Å². The quantitative estimate of drug-likeness (QED) is 0.707. The van der Waals surface area contributed by atoms with Gasteiger partial charge in [-0.25, -0.2) is 0 Å². The fourth-order valence-corrected chi connectivity index (χ4v) is 2.47. The molecule has 23 heavy (non-hydrogen) atoms. The van der Waals surface area contributed by atoms with Crippen LogP contribution in [0.25, 0.3) is 11.0 Å². The number of nitrogens with two attached hydrogens (primary N) is 2. The largest absolute Gasteiger partial charge is 0.453 e. The number of hydrogen-bond acceptors (Lipinski definition) is 4. The third-order valence-corrected chi connectivity index (χ3v) is 3.65. The van der Waals surface area contributed by atoms with Gasteiger partial charge in [0.25, 0.3) is 0 Å². The number of ketones is 1. The minimum atomic E-state index is -0.472. The zero-order chi connectivity index (χ0) is 16.4. The summed E-state index contributed by atoms with van der Waals surface area (Å²) in [4.78, 5) is 23.4. The Kier molecular flexibility index (Phi) is 3.95. The van der Waals surface area contributed by atoms with E-state index in [9.17, 15) is 9.59 Å². The average molecular weight is 308 g/mol. The Morgan fingerprint density at radius 2 is 1.78 bits per heavy atom. The molecule has 0 bridgehead atoms. The Morgan fingerprint density at radius 3 is 2.48 bits per heavy atom. The molecule has 4 N–H and O–H groups in total. The second kappa shape index (κ2) is 6.06. The van der Waals surface area contributed by atoms with Crippen molar-refractivity contribution in [1.82, 2.24) is 0 Å². The van der Waals surface area contributed by atoms with Gasteiger partial charge in [-0.1, -0.05) is 36.4 Å². The highest BCUT2D eigenvalue weighted by Crippen LogP contribution is 2.25. The van der Waals surface area contributed by atoms with E-state index in [-0.39, 0.29) is 18.0 Å². The van der Waals surface area contributed by atoms with Crippen LogP contribution >= 0.6 is 0 Å². The van der Waals surface area contributed by atoms with E-state index < -0.39 is 11.9 Å². The number of amides is 1. The van der Waals surface area contributed by atoms with Crippen LogP contribution in [0, 0.1) is 0 Å². The van der Waals surface area contributed by atoms with Crippen molar-refractivity contribution in [3.8, 4) is 0 Å². The first kappa shape index (κ1) is 15.0. The van der Waals surface area contributed by atoms with Crippen LogP contribution in [0.3, 0.4) is 0 Å². The molecule has 1 unspecified atom stereocenters. The van der Waals surface area contributed by atoms with E-state index in [1.807, 2.05) is 12.1 Å². The predicted octanol–water partition coefficient (Wildman–Crippen LogP) is 2.54. The first-order valence-corrected chi connectivity index (χ1v) is 7.22. The Labute approximate surface area is 132 Å². The molecule has 5 heteroatoms. The van der Waals surface area contributed by atoms with E-state index in [2.05, 4.69) is 0 Å². The van der Waals surface area contributed by atoms with Gasteiger partial charge in [-0.15, -0.1) is 0 Å². The van der Waals surface area contributed by atoms with Crippen LogP contribution in [-0.2, 0) is 4.79 Å². The monoisotopic (exact) mass is 308 g/mol. The van der Waals surface area contributed by atoms with Crippen LogP contribution in [-0.4, -0.2) is 11.7 Å². The lowest BCUT2D eigenvalue weighted by atomic mass is 10.0. The molecule has 3 aromatic rings. The Hall–Kier alpha value is -2.92. The van der Waals surface area contributed by atoms with E-state index in [0.717, 1.165) is 10.9 Å². The highest BCUT2D eigenvalue weighted by molar-refractivity contribution is 6.09. The number of hydrogen-bond donors (Lipinski definition) is 2. The van der Waals surface area contributed by atoms with Crippen molar-refractivity contribution in [3.05, 3.63) is 71.5 Å². The highest BCUT2D eigenvalue weighted by atomic mass is 16.3. The second-order valence-electron chi connectivity index (χ2n) is 5.38. The Morgan fingerprint density at radius 1 is 1.04 bits per heavy atom. The number of benzene rings is 2. The normalized spacial score (nSPS) is 12.2. The second-order valence-corrected chi connectivity index (χ2v) is 5.38. The van der Waals surface area contributed by atoms with Gasteiger partial charge in [0.15, 0.2) is 5.76 Å². The Balaban J connectivity index is 1.93. The predicted molar refractivity (Wildman–Crippen MR) is 86.8 cm³/mol. The van der Waals surface area contributed by atoms with Crippen LogP contribution < -0.4 is 11.5 Å². The van der Waals surface area contributed by atoms with Crippen molar-refractivity contribution in [1.29, 1.82) is 0 Å². The molecule has 0 aliphatic rings. The molecule has 0 spiro atoms. The fraction of sp³-hybridized carbons (Fsp3) is 0.111. The Bertz CT molecular complexity index is 868. The standard InChI is InChI=1S/C18H16N2O3/c19-14(10-17(20)21)12-6-7-15-13(8-12)9-16(23-15)18(22)11-4-2-1-3-5-11/h1-9,14H,10,19H2,(H2,20,21). The molecule has 0 radical (unpaired) electrons. The van der Waals surface area contributed by atoms with Crippen LogP contribution in [0.4, 0.5) is 0 Å². The highest BCUT2D eigenvalue weighted by Gasteiger charge is 2.16. The molecule has 0 aliphatic carbocycles. The summed E-state index contributed by atoms with van der Waals surface area (Å²) in [7, 11) is 0. The maximum atomic E-state index is 12.4. The van der Waals surface area contributed by atoms with Crippen molar-refractivity contribution < 1.29 is 14.0 Å². The number of carbonyl (C=O) groups excluding carboxylic acids is 2. The molecule has 2 aromatic carbocycles. The molecule has 3 rings (SSSR count). The molecule has 1 heterocycles. The number of fused-ring (bicyclic) bond motifs is 1. The van der Waals surface area contributed by atoms with Crippen molar-refractivity contribution in [3.63, 3.8) is 0 Å². The molecule has 116 valence electrons. The lowest BCUT2D eigenvalue weighted by Gasteiger charge is -2.09. The van der Waals surface area contributed by atoms with Crippen LogP contribution in [0.5, 0.6) is 0 Å². The van der Waals surface area contributed by atoms with Crippen LogP contribution in [0.1, 0.15) is 34.1 Å². The summed E-state index contributed by atoms with van der Waals surface area (Å²) in [5.41, 5.74) is 13.1. The number of carbonyl (C=O) groups is 2. The maximum absolute atomic E-state index is 12.4. The molecule has 0 saturated heterocycles. The summed E-state index contributed by atoms with van der Waals surface area (Å²) >= 11 is 0. The summed E-state index contributed by atoms with van der Waals surface area (Å²) < 4.78 is 5.62. The molecule has 1 amide bonds. The average Bonchev–Trinajstić information content (AvgIpc) is 2.97. The molecule has 1 aromatic heterocycles. The molecular formula is C18H16N2O3. The van der Waals surface area contributed by atoms with Crippen molar-refractivity contribution in [2.24, 2.45) is 11.5 Å². The van der Waals surface area contributed by atoms with Crippen LogP contribution in [0.15, 0.2) is 59.0 Å². The SMILES string of the molecule is NC(=O)CC(N)c1ccc2oc(C(=O)c3ccccc3)cc2c1. The zero-order valence-corrected chi connectivity index (χ0v) is 12.4. The van der Waals surface area contributed by atoms with Crippen molar-refractivity contribution >= 4 is 22.7 Å². The maximum Gasteiger partial charge on any atom is 0.228 e. The topological polar surface area (TPSA) is 99.3 Å². The third-order valence-electron chi connectivity index (χ3n) is 3.65. The van der Waals surface area contributed by atoms with Gasteiger partial charge < -0.3 is 15.9 Å². The summed E-state index contributed by atoms with van der Waals surface area (Å²) in [6, 6.07) is 15.5. The molecular weight excluding hydrogens is 292 g/mol. The van der Waals surface area contributed by atoms with Gasteiger partial charge in [-0.05, 0) is 23.8 Å². The van der Waals surface area contributed by atoms with E-state index in [1.165, 1.54) is 0 Å². The van der Waals surface area contributed by atoms with Crippen LogP contribution in [0.2, 0.25) is 0 Å². The number of primary amides is 1. The summed E-state index contributed by atoms with van der Waals surface area (Å²) in [5.74, 6) is -0.360. The van der Waals surface area contributed by atoms with E-state index in [1.54, 1.807) is 42.5 Å². The van der Waals surface area contributed by atoms with Gasteiger partial charge >= 0.3 is 0 Å². The summed E-state index contributed by atoms with van der Waals surface area (Å²) in [6.07, 6.45) is 0.0686. The van der Waals surface area contributed by atoms with Gasteiger partial charge in [0.2, 0.25) is 11.7 Å². The van der Waals surface area contributed by atoms with Gasteiger partial charge in [-0.3, -0.25) is 9.59 Å². The first-order valence-electron chi connectivity index (χ1n) is 7.22. The molecule has 1 atom stereocenters. The molecule has 5 nitrogen and oxygen atoms in total. The lowest BCUT2D eigenvalue weighted by Crippen LogP contribution is -2.20. The van der Waals surface area contributed by atoms with E-state index >= 15 is 0 Å². The van der Waals surface area contributed by atoms with E-state index in [4.69, 9.17) is 15.9 Å². The molecule has 0 saturated carbocycles.